The summed E-state index contributed by atoms with van der Waals surface area (Å²) in [6, 6.07) is 4.26. The molecule has 0 N–H and O–H groups in total. The lowest BCUT2D eigenvalue weighted by Gasteiger charge is -2.36. The normalized spacial score (nSPS) is 21.2. The van der Waals surface area contributed by atoms with Crippen LogP contribution in [0, 0.1) is 12.8 Å². The molecule has 4 heteroatoms. The fraction of sp³-hybridized carbons (Fsp3) is 0.600. The lowest BCUT2D eigenvalue weighted by Crippen LogP contribution is -2.40. The Bertz CT molecular complexity index is 439. The number of aryl methyl sites for hydroxylation is 1. The third kappa shape index (κ3) is 3.13. The molecule has 0 aliphatic carbocycles. The highest BCUT2D eigenvalue weighted by Gasteiger charge is 2.34. The second-order valence-electron chi connectivity index (χ2n) is 5.68. The minimum absolute atomic E-state index is 0.0103. The second-order valence-corrected chi connectivity index (χ2v) is 5.68. The van der Waals surface area contributed by atoms with Crippen LogP contribution < -0.4 is 0 Å². The average Bonchev–Trinajstić information content (AvgIpc) is 2.86. The Kier molecular flexibility index (Phi) is 4.20. The molecule has 4 nitrogen and oxygen atoms in total. The number of likely N-dealkylation sites (tertiary alicyclic amines) is 1. The highest BCUT2D eigenvalue weighted by molar-refractivity contribution is 5.60. The fourth-order valence-corrected chi connectivity index (χ4v) is 2.58. The van der Waals surface area contributed by atoms with Crippen molar-refractivity contribution in [2.75, 3.05) is 20.2 Å². The number of aromatic nitrogens is 1. The van der Waals surface area contributed by atoms with Crippen molar-refractivity contribution in [3.8, 4) is 0 Å². The van der Waals surface area contributed by atoms with Gasteiger partial charge in [0, 0.05) is 36.1 Å². The van der Waals surface area contributed by atoms with Crippen LogP contribution >= 0.6 is 0 Å². The Morgan fingerprint density at radius 2 is 2.26 bits per heavy atom. The van der Waals surface area contributed by atoms with Gasteiger partial charge in [-0.05, 0) is 45.4 Å². The topological polar surface area (TPSA) is 37.7 Å². The molecule has 2 heterocycles. The van der Waals surface area contributed by atoms with Gasteiger partial charge in [0.2, 0.25) is 0 Å². The SMILES string of the molecule is CON=CC1CCN(C(C)(C)c2ccc(C)nc2)C1. The molecule has 0 amide bonds. The monoisotopic (exact) mass is 261 g/mol. The Hall–Kier alpha value is -1.42. The van der Waals surface area contributed by atoms with Gasteiger partial charge in [-0.3, -0.25) is 9.88 Å². The second kappa shape index (κ2) is 5.70. The molecular weight excluding hydrogens is 238 g/mol. The predicted molar refractivity (Wildman–Crippen MR) is 77.2 cm³/mol. The maximum absolute atomic E-state index is 4.76. The van der Waals surface area contributed by atoms with E-state index in [1.165, 1.54) is 5.56 Å². The molecule has 19 heavy (non-hydrogen) atoms. The Labute approximate surface area is 115 Å². The van der Waals surface area contributed by atoms with Crippen molar-refractivity contribution in [3.63, 3.8) is 0 Å². The number of hydrogen-bond donors (Lipinski definition) is 0. The largest absolute Gasteiger partial charge is 0.399 e. The van der Waals surface area contributed by atoms with Crippen LogP contribution in [0.5, 0.6) is 0 Å². The van der Waals surface area contributed by atoms with Crippen molar-refractivity contribution in [1.29, 1.82) is 0 Å². The van der Waals surface area contributed by atoms with Crippen molar-refractivity contribution in [2.24, 2.45) is 11.1 Å². The van der Waals surface area contributed by atoms with Crippen LogP contribution in [0.2, 0.25) is 0 Å². The highest BCUT2D eigenvalue weighted by Crippen LogP contribution is 2.32. The van der Waals surface area contributed by atoms with Crippen LogP contribution in [-0.2, 0) is 10.4 Å². The van der Waals surface area contributed by atoms with Crippen LogP contribution in [-0.4, -0.2) is 36.3 Å². The summed E-state index contributed by atoms with van der Waals surface area (Å²) in [5.74, 6) is 0.484. The summed E-state index contributed by atoms with van der Waals surface area (Å²) < 4.78 is 0. The molecule has 1 unspecified atom stereocenters. The van der Waals surface area contributed by atoms with E-state index < -0.39 is 0 Å². The summed E-state index contributed by atoms with van der Waals surface area (Å²) in [7, 11) is 1.59. The van der Waals surface area contributed by atoms with E-state index >= 15 is 0 Å². The summed E-state index contributed by atoms with van der Waals surface area (Å²) in [5, 5.41) is 3.89. The van der Waals surface area contributed by atoms with Crippen molar-refractivity contribution in [3.05, 3.63) is 29.6 Å². The third-order valence-corrected chi connectivity index (χ3v) is 4.01. The maximum Gasteiger partial charge on any atom is 0.106 e. The summed E-state index contributed by atoms with van der Waals surface area (Å²) in [6.45, 7) is 8.64. The van der Waals surface area contributed by atoms with Crippen LogP contribution in [0.3, 0.4) is 0 Å². The van der Waals surface area contributed by atoms with E-state index in [0.29, 0.717) is 5.92 Å². The Balaban J connectivity index is 2.08. The van der Waals surface area contributed by atoms with Gasteiger partial charge in [0.05, 0.1) is 0 Å². The van der Waals surface area contributed by atoms with Gasteiger partial charge >= 0.3 is 0 Å². The zero-order chi connectivity index (χ0) is 13.9. The average molecular weight is 261 g/mol. The van der Waals surface area contributed by atoms with E-state index in [0.717, 1.165) is 25.2 Å². The van der Waals surface area contributed by atoms with Crippen LogP contribution in [0.4, 0.5) is 0 Å². The molecule has 0 bridgehead atoms. The lowest BCUT2D eigenvalue weighted by molar-refractivity contribution is 0.152. The van der Waals surface area contributed by atoms with E-state index in [2.05, 4.69) is 41.0 Å². The standard InChI is InChI=1S/C15H23N3O/c1-12-5-6-14(10-16-12)15(2,3)18-8-7-13(11-18)9-17-19-4/h5-6,9-10,13H,7-8,11H2,1-4H3. The predicted octanol–water partition coefficient (Wildman–Crippen LogP) is 2.58. The van der Waals surface area contributed by atoms with Crippen LogP contribution in [0.15, 0.2) is 23.5 Å². The first kappa shape index (κ1) is 14.0. The lowest BCUT2D eigenvalue weighted by atomic mass is 9.94. The number of hydrogen-bond acceptors (Lipinski definition) is 4. The summed E-state index contributed by atoms with van der Waals surface area (Å²) in [4.78, 5) is 11.7. The number of nitrogens with zero attached hydrogens (tertiary/aromatic N) is 3. The number of oxime groups is 1. The maximum atomic E-state index is 4.76. The van der Waals surface area contributed by atoms with Crippen molar-refractivity contribution >= 4 is 6.21 Å². The van der Waals surface area contributed by atoms with Crippen LogP contribution in [0.25, 0.3) is 0 Å². The zero-order valence-corrected chi connectivity index (χ0v) is 12.3. The van der Waals surface area contributed by atoms with Gasteiger partial charge in [-0.25, -0.2) is 0 Å². The molecule has 1 fully saturated rings. The summed E-state index contributed by atoms with van der Waals surface area (Å²) in [6.07, 6.45) is 5.05. The molecule has 0 spiro atoms. The van der Waals surface area contributed by atoms with Gasteiger partial charge in [0.15, 0.2) is 0 Å². The first-order valence-corrected chi connectivity index (χ1v) is 6.79. The van der Waals surface area contributed by atoms with Gasteiger partial charge < -0.3 is 4.84 Å². The molecule has 1 aromatic heterocycles. The zero-order valence-electron chi connectivity index (χ0n) is 12.3. The highest BCUT2D eigenvalue weighted by atomic mass is 16.6. The summed E-state index contributed by atoms with van der Waals surface area (Å²) in [5.41, 5.74) is 2.34. The quantitative estimate of drug-likeness (QED) is 0.617. The third-order valence-electron chi connectivity index (χ3n) is 4.01. The molecule has 1 aromatic rings. The van der Waals surface area contributed by atoms with Gasteiger partial charge in [-0.1, -0.05) is 11.2 Å². The van der Waals surface area contributed by atoms with Crippen molar-refractivity contribution in [1.82, 2.24) is 9.88 Å². The summed E-state index contributed by atoms with van der Waals surface area (Å²) >= 11 is 0. The van der Waals surface area contributed by atoms with E-state index in [4.69, 9.17) is 4.84 Å². The molecule has 0 saturated carbocycles. The number of pyridine rings is 1. The van der Waals surface area contributed by atoms with Gasteiger partial charge in [0.25, 0.3) is 0 Å². The molecular formula is C15H23N3O. The van der Waals surface area contributed by atoms with E-state index in [1.54, 1.807) is 7.11 Å². The van der Waals surface area contributed by atoms with Crippen molar-refractivity contribution in [2.45, 2.75) is 32.7 Å². The molecule has 2 rings (SSSR count). The molecule has 0 aromatic carbocycles. The van der Waals surface area contributed by atoms with E-state index in [9.17, 15) is 0 Å². The van der Waals surface area contributed by atoms with Gasteiger partial charge in [-0.15, -0.1) is 0 Å². The minimum Gasteiger partial charge on any atom is -0.399 e. The Morgan fingerprint density at radius 3 is 2.89 bits per heavy atom. The van der Waals surface area contributed by atoms with Crippen LogP contribution in [0.1, 0.15) is 31.5 Å². The smallest absolute Gasteiger partial charge is 0.106 e. The molecule has 1 aliphatic rings. The minimum atomic E-state index is 0.0103. The number of rotatable bonds is 4. The van der Waals surface area contributed by atoms with Gasteiger partial charge in [0.1, 0.15) is 7.11 Å². The van der Waals surface area contributed by atoms with E-state index in [1.807, 2.05) is 19.3 Å². The van der Waals surface area contributed by atoms with E-state index in [-0.39, 0.29) is 5.54 Å². The molecule has 1 saturated heterocycles. The first-order valence-electron chi connectivity index (χ1n) is 6.79. The molecule has 1 aliphatic heterocycles. The first-order chi connectivity index (χ1) is 9.04. The van der Waals surface area contributed by atoms with Crippen molar-refractivity contribution < 1.29 is 4.84 Å². The molecule has 104 valence electrons. The Morgan fingerprint density at radius 1 is 1.47 bits per heavy atom. The fourth-order valence-electron chi connectivity index (χ4n) is 2.58. The molecule has 1 atom stereocenters. The molecule has 0 radical (unpaired) electrons. The van der Waals surface area contributed by atoms with Gasteiger partial charge in [-0.2, -0.15) is 0 Å².